The summed E-state index contributed by atoms with van der Waals surface area (Å²) < 4.78 is 0. The van der Waals surface area contributed by atoms with E-state index in [4.69, 9.17) is 5.73 Å². The van der Waals surface area contributed by atoms with Gasteiger partial charge in [0.05, 0.1) is 11.1 Å². The molecule has 1 heterocycles. The van der Waals surface area contributed by atoms with Crippen molar-refractivity contribution in [1.82, 2.24) is 0 Å². The first-order valence-electron chi connectivity index (χ1n) is 6.28. The summed E-state index contributed by atoms with van der Waals surface area (Å²) in [6, 6.07) is 5.02. The molecule has 0 fully saturated rings. The Kier molecular flexibility index (Phi) is 3.32. The Morgan fingerprint density at radius 1 is 1.37 bits per heavy atom. The van der Waals surface area contributed by atoms with Gasteiger partial charge in [-0.2, -0.15) is 0 Å². The third-order valence-corrected chi connectivity index (χ3v) is 3.28. The van der Waals surface area contributed by atoms with Crippen LogP contribution in [0.15, 0.2) is 18.2 Å². The molecule has 0 saturated carbocycles. The van der Waals surface area contributed by atoms with E-state index in [2.05, 4.69) is 0 Å². The third-order valence-electron chi connectivity index (χ3n) is 3.28. The third kappa shape index (κ3) is 2.46. The van der Waals surface area contributed by atoms with Crippen LogP contribution in [-0.4, -0.2) is 29.1 Å². The number of benzene rings is 1. The number of aromatic carboxylic acids is 1. The number of carboxylic acids is 1. The van der Waals surface area contributed by atoms with Gasteiger partial charge in [-0.15, -0.1) is 0 Å². The topological polar surface area (TPSA) is 83.6 Å². The van der Waals surface area contributed by atoms with Crippen LogP contribution in [0.5, 0.6) is 0 Å². The second-order valence-electron chi connectivity index (χ2n) is 5.39. The van der Waals surface area contributed by atoms with Gasteiger partial charge in [-0.05, 0) is 44.4 Å². The lowest BCUT2D eigenvalue weighted by atomic mass is 9.94. The van der Waals surface area contributed by atoms with Crippen LogP contribution in [0.25, 0.3) is 0 Å². The van der Waals surface area contributed by atoms with Gasteiger partial charge >= 0.3 is 5.97 Å². The Labute approximate surface area is 112 Å². The van der Waals surface area contributed by atoms with Crippen molar-refractivity contribution in [2.45, 2.75) is 32.2 Å². The van der Waals surface area contributed by atoms with E-state index in [0.29, 0.717) is 18.7 Å². The van der Waals surface area contributed by atoms with Crippen molar-refractivity contribution < 1.29 is 14.7 Å². The highest BCUT2D eigenvalue weighted by Gasteiger charge is 2.32. The number of hydrogen-bond acceptors (Lipinski definition) is 3. The fourth-order valence-corrected chi connectivity index (χ4v) is 2.38. The molecule has 0 radical (unpaired) electrons. The molecular weight excluding hydrogens is 244 g/mol. The molecule has 1 amide bonds. The molecule has 0 saturated heterocycles. The number of anilines is 1. The van der Waals surface area contributed by atoms with E-state index in [0.717, 1.165) is 12.0 Å². The summed E-state index contributed by atoms with van der Waals surface area (Å²) in [5.41, 5.74) is 6.56. The Balaban J connectivity index is 2.49. The van der Waals surface area contributed by atoms with Gasteiger partial charge in [0.1, 0.15) is 0 Å². The number of fused-ring (bicyclic) bond motifs is 1. The fourth-order valence-electron chi connectivity index (χ4n) is 2.38. The van der Waals surface area contributed by atoms with Gasteiger partial charge in [0, 0.05) is 12.2 Å². The highest BCUT2D eigenvalue weighted by atomic mass is 16.4. The minimum absolute atomic E-state index is 0.184. The van der Waals surface area contributed by atoms with Crippen molar-refractivity contribution in [2.24, 2.45) is 5.73 Å². The zero-order valence-corrected chi connectivity index (χ0v) is 11.1. The first kappa shape index (κ1) is 13.5. The number of nitrogens with zero attached hydrogens (tertiary/aromatic N) is 1. The van der Waals surface area contributed by atoms with Gasteiger partial charge < -0.3 is 15.7 Å². The molecule has 1 aliphatic heterocycles. The summed E-state index contributed by atoms with van der Waals surface area (Å²) in [6.45, 7) is 3.89. The number of amides is 1. The predicted molar refractivity (Wildman–Crippen MR) is 72.3 cm³/mol. The van der Waals surface area contributed by atoms with Gasteiger partial charge in [-0.25, -0.2) is 4.79 Å². The van der Waals surface area contributed by atoms with E-state index < -0.39 is 11.5 Å². The molecule has 1 aliphatic rings. The molecular formula is C14H18N2O3. The van der Waals surface area contributed by atoms with Crippen molar-refractivity contribution >= 4 is 17.6 Å². The van der Waals surface area contributed by atoms with Gasteiger partial charge in [0.2, 0.25) is 5.91 Å². The minimum atomic E-state index is -0.964. The number of nitrogens with two attached hydrogens (primary N) is 1. The molecule has 1 aromatic carbocycles. The summed E-state index contributed by atoms with van der Waals surface area (Å²) >= 11 is 0. The summed E-state index contributed by atoms with van der Waals surface area (Å²) in [4.78, 5) is 25.1. The van der Waals surface area contributed by atoms with Crippen LogP contribution in [0.4, 0.5) is 5.69 Å². The zero-order valence-electron chi connectivity index (χ0n) is 11.1. The van der Waals surface area contributed by atoms with Crippen LogP contribution < -0.4 is 10.6 Å². The maximum absolute atomic E-state index is 12.3. The van der Waals surface area contributed by atoms with Gasteiger partial charge in [0.15, 0.2) is 0 Å². The average molecular weight is 262 g/mol. The van der Waals surface area contributed by atoms with Crippen molar-refractivity contribution in [2.75, 3.05) is 11.4 Å². The predicted octanol–water partition coefficient (Wildman–Crippen LogP) is 1.40. The second kappa shape index (κ2) is 4.66. The largest absolute Gasteiger partial charge is 0.478 e. The monoisotopic (exact) mass is 262 g/mol. The normalized spacial score (nSPS) is 15.0. The lowest BCUT2D eigenvalue weighted by Gasteiger charge is -2.34. The van der Waals surface area contributed by atoms with E-state index in [1.54, 1.807) is 36.9 Å². The summed E-state index contributed by atoms with van der Waals surface area (Å²) in [7, 11) is 0. The molecule has 102 valence electrons. The second-order valence-corrected chi connectivity index (χ2v) is 5.39. The van der Waals surface area contributed by atoms with Gasteiger partial charge in [-0.3, -0.25) is 4.79 Å². The molecule has 0 spiro atoms. The Hall–Kier alpha value is -1.88. The van der Waals surface area contributed by atoms with Crippen molar-refractivity contribution in [3.05, 3.63) is 29.3 Å². The van der Waals surface area contributed by atoms with Crippen LogP contribution in [-0.2, 0) is 11.2 Å². The minimum Gasteiger partial charge on any atom is -0.478 e. The molecule has 5 nitrogen and oxygen atoms in total. The van der Waals surface area contributed by atoms with Gasteiger partial charge in [-0.1, -0.05) is 6.07 Å². The standard InChI is InChI=1S/C14H18N2O3/c1-14(2,15)13(19)16-8-4-6-9-10(12(17)18)5-3-7-11(9)16/h3,5,7H,4,6,8,15H2,1-2H3,(H,17,18). The highest BCUT2D eigenvalue weighted by molar-refractivity contribution is 6.02. The number of carbonyl (C=O) groups excluding carboxylic acids is 1. The van der Waals surface area contributed by atoms with Crippen molar-refractivity contribution in [3.63, 3.8) is 0 Å². The maximum atomic E-state index is 12.3. The number of rotatable bonds is 2. The quantitative estimate of drug-likeness (QED) is 0.843. The van der Waals surface area contributed by atoms with Crippen molar-refractivity contribution in [3.8, 4) is 0 Å². The molecule has 0 unspecified atom stereocenters. The molecule has 0 aromatic heterocycles. The van der Waals surface area contributed by atoms with E-state index >= 15 is 0 Å². The smallest absolute Gasteiger partial charge is 0.336 e. The number of carboxylic acid groups (broad SMARTS) is 1. The number of hydrogen-bond donors (Lipinski definition) is 2. The van der Waals surface area contributed by atoms with Crippen LogP contribution >= 0.6 is 0 Å². The fraction of sp³-hybridized carbons (Fsp3) is 0.429. The van der Waals surface area contributed by atoms with E-state index in [1.165, 1.54) is 0 Å². The van der Waals surface area contributed by atoms with Crippen LogP contribution in [0.2, 0.25) is 0 Å². The SMILES string of the molecule is CC(C)(N)C(=O)N1CCCc2c(C(=O)O)cccc21. The molecule has 3 N–H and O–H groups in total. The maximum Gasteiger partial charge on any atom is 0.336 e. The Morgan fingerprint density at radius 2 is 2.05 bits per heavy atom. The van der Waals surface area contributed by atoms with Gasteiger partial charge in [0.25, 0.3) is 0 Å². The average Bonchev–Trinajstić information content (AvgIpc) is 2.35. The molecule has 0 bridgehead atoms. The van der Waals surface area contributed by atoms with Crippen LogP contribution in [0.3, 0.4) is 0 Å². The molecule has 2 rings (SSSR count). The molecule has 5 heteroatoms. The molecule has 0 aliphatic carbocycles. The molecule has 19 heavy (non-hydrogen) atoms. The van der Waals surface area contributed by atoms with E-state index in [-0.39, 0.29) is 11.5 Å². The number of carbonyl (C=O) groups is 2. The lowest BCUT2D eigenvalue weighted by molar-refractivity contribution is -0.122. The Bertz CT molecular complexity index is 532. The van der Waals surface area contributed by atoms with E-state index in [9.17, 15) is 14.7 Å². The first-order chi connectivity index (χ1) is 8.82. The lowest BCUT2D eigenvalue weighted by Crippen LogP contribution is -2.52. The zero-order chi connectivity index (χ0) is 14.2. The first-order valence-corrected chi connectivity index (χ1v) is 6.28. The molecule has 1 aromatic rings. The summed E-state index contributed by atoms with van der Waals surface area (Å²) in [6.07, 6.45) is 1.42. The summed E-state index contributed by atoms with van der Waals surface area (Å²) in [5.74, 6) is -1.14. The summed E-state index contributed by atoms with van der Waals surface area (Å²) in [5, 5.41) is 9.20. The van der Waals surface area contributed by atoms with Crippen molar-refractivity contribution in [1.29, 1.82) is 0 Å². The van der Waals surface area contributed by atoms with Crippen LogP contribution in [0.1, 0.15) is 36.2 Å². The Morgan fingerprint density at radius 3 is 2.63 bits per heavy atom. The van der Waals surface area contributed by atoms with Crippen LogP contribution in [0, 0.1) is 0 Å². The molecule has 0 atom stereocenters. The van der Waals surface area contributed by atoms with E-state index in [1.807, 2.05) is 0 Å². The highest BCUT2D eigenvalue weighted by Crippen LogP contribution is 2.31.